The smallest absolute Gasteiger partial charge is 0.306 e. The molecule has 0 aliphatic carbocycles. The highest BCUT2D eigenvalue weighted by Gasteiger charge is 2.17. The fourth-order valence-electron chi connectivity index (χ4n) is 5.84. The van der Waals surface area contributed by atoms with Gasteiger partial charge in [0.25, 0.3) is 0 Å². The maximum atomic E-state index is 12.6. The fraction of sp³-hybridized carbons (Fsp3) is 0.745. The zero-order chi connectivity index (χ0) is 37.8. The molecule has 0 aromatic rings. The number of carbonyl (C=O) groups is 2. The number of rotatable bonds is 39. The summed E-state index contributed by atoms with van der Waals surface area (Å²) in [6.45, 7) is 7.63. The Morgan fingerprint density at radius 2 is 0.865 bits per heavy atom. The Bertz CT molecular complexity index is 915. The predicted molar refractivity (Wildman–Crippen MR) is 224 cm³/mol. The predicted octanol–water partition coefficient (Wildman–Crippen LogP) is 14.2. The third-order valence-electron chi connectivity index (χ3n) is 9.07. The van der Waals surface area contributed by atoms with Crippen molar-refractivity contribution in [3.8, 4) is 0 Å². The van der Waals surface area contributed by atoms with Gasteiger partial charge in [0.05, 0.1) is 6.61 Å². The van der Waals surface area contributed by atoms with E-state index in [0.717, 1.165) is 70.6 Å². The average molecular weight is 727 g/mol. The Kier molecular flexibility index (Phi) is 41.0. The monoisotopic (exact) mass is 727 g/mol. The molecule has 0 aromatic heterocycles. The quantitative estimate of drug-likeness (QED) is 0.0358. The summed E-state index contributed by atoms with van der Waals surface area (Å²) in [5, 5.41) is 0. The first kappa shape index (κ1) is 49.6. The van der Waals surface area contributed by atoms with E-state index in [-0.39, 0.29) is 25.2 Å². The van der Waals surface area contributed by atoms with Gasteiger partial charge in [-0.3, -0.25) is 9.59 Å². The van der Waals surface area contributed by atoms with Gasteiger partial charge in [-0.15, -0.1) is 0 Å². The van der Waals surface area contributed by atoms with E-state index in [0.29, 0.717) is 19.4 Å². The van der Waals surface area contributed by atoms with Crippen molar-refractivity contribution < 1.29 is 23.8 Å². The van der Waals surface area contributed by atoms with Crippen molar-refractivity contribution in [3.05, 3.63) is 60.8 Å². The molecule has 0 aliphatic rings. The minimum atomic E-state index is -0.552. The SMILES string of the molecule is CC/C=C\C/C=C\C/C=C\C/C=C\C/C=C\CCCC(=O)OCC(COCCCCCCCCCCCC)OC(=O)CCCCCCCCCCC. The Morgan fingerprint density at radius 3 is 1.37 bits per heavy atom. The summed E-state index contributed by atoms with van der Waals surface area (Å²) in [5.41, 5.74) is 0. The minimum absolute atomic E-state index is 0.0576. The Hall–Kier alpha value is -2.40. The van der Waals surface area contributed by atoms with Crippen LogP contribution in [0.2, 0.25) is 0 Å². The second-order valence-corrected chi connectivity index (χ2v) is 14.2. The first-order valence-corrected chi connectivity index (χ1v) is 21.8. The number of allylic oxidation sites excluding steroid dienone is 10. The van der Waals surface area contributed by atoms with E-state index in [2.05, 4.69) is 81.5 Å². The van der Waals surface area contributed by atoms with E-state index in [1.54, 1.807) is 0 Å². The van der Waals surface area contributed by atoms with Crippen LogP contribution < -0.4 is 0 Å². The van der Waals surface area contributed by atoms with Crippen molar-refractivity contribution in [1.82, 2.24) is 0 Å². The standard InChI is InChI=1S/C47H82O5/c1-4-7-10-13-16-19-21-22-23-24-25-26-27-29-31-34-37-40-46(48)51-44-45(43-50-42-39-36-33-30-20-17-14-11-8-5-2)52-47(49)41-38-35-32-28-18-15-12-9-6-3/h7,10,16,19,22-23,25-26,29,31,45H,4-6,8-9,11-15,17-18,20-21,24,27-28,30,32-44H2,1-3H3/b10-7-,19-16-,23-22-,26-25-,31-29-. The highest BCUT2D eigenvalue weighted by atomic mass is 16.6. The van der Waals surface area contributed by atoms with Crippen molar-refractivity contribution >= 4 is 11.9 Å². The molecule has 0 amide bonds. The molecular formula is C47H82O5. The lowest BCUT2D eigenvalue weighted by Crippen LogP contribution is -2.30. The molecule has 0 aliphatic heterocycles. The van der Waals surface area contributed by atoms with E-state index >= 15 is 0 Å². The molecule has 0 N–H and O–H groups in total. The Balaban J connectivity index is 4.30. The third-order valence-corrected chi connectivity index (χ3v) is 9.07. The molecule has 0 spiro atoms. The van der Waals surface area contributed by atoms with Crippen LogP contribution in [0.4, 0.5) is 0 Å². The van der Waals surface area contributed by atoms with Crippen molar-refractivity contribution in [2.24, 2.45) is 0 Å². The van der Waals surface area contributed by atoms with Gasteiger partial charge >= 0.3 is 11.9 Å². The van der Waals surface area contributed by atoms with E-state index in [1.807, 2.05) is 0 Å². The summed E-state index contributed by atoms with van der Waals surface area (Å²) in [5.74, 6) is -0.466. The molecule has 0 fully saturated rings. The molecule has 0 bridgehead atoms. The zero-order valence-electron chi connectivity index (χ0n) is 34.3. The minimum Gasteiger partial charge on any atom is -0.462 e. The van der Waals surface area contributed by atoms with Gasteiger partial charge in [-0.2, -0.15) is 0 Å². The molecule has 0 radical (unpaired) electrons. The van der Waals surface area contributed by atoms with Gasteiger partial charge in [0, 0.05) is 19.4 Å². The Labute approximate surface area is 322 Å². The van der Waals surface area contributed by atoms with Crippen LogP contribution in [0.1, 0.15) is 201 Å². The van der Waals surface area contributed by atoms with Gasteiger partial charge in [0.15, 0.2) is 6.10 Å². The van der Waals surface area contributed by atoms with Crippen LogP contribution >= 0.6 is 0 Å². The van der Waals surface area contributed by atoms with Crippen LogP contribution in [0.3, 0.4) is 0 Å². The van der Waals surface area contributed by atoms with Crippen molar-refractivity contribution in [3.63, 3.8) is 0 Å². The lowest BCUT2D eigenvalue weighted by atomic mass is 10.1. The van der Waals surface area contributed by atoms with Crippen LogP contribution in [-0.2, 0) is 23.8 Å². The first-order chi connectivity index (χ1) is 25.6. The molecule has 0 aromatic carbocycles. The van der Waals surface area contributed by atoms with Gasteiger partial charge in [0.2, 0.25) is 0 Å². The molecule has 5 heteroatoms. The van der Waals surface area contributed by atoms with Crippen LogP contribution in [0.15, 0.2) is 60.8 Å². The Morgan fingerprint density at radius 1 is 0.442 bits per heavy atom. The molecule has 0 heterocycles. The largest absolute Gasteiger partial charge is 0.462 e. The van der Waals surface area contributed by atoms with E-state index in [9.17, 15) is 9.59 Å². The molecular weight excluding hydrogens is 645 g/mol. The second-order valence-electron chi connectivity index (χ2n) is 14.2. The van der Waals surface area contributed by atoms with E-state index in [1.165, 1.54) is 96.3 Å². The highest BCUT2D eigenvalue weighted by molar-refractivity contribution is 5.70. The van der Waals surface area contributed by atoms with E-state index in [4.69, 9.17) is 14.2 Å². The number of ether oxygens (including phenoxy) is 3. The normalized spacial score (nSPS) is 12.8. The fourth-order valence-corrected chi connectivity index (χ4v) is 5.84. The highest BCUT2D eigenvalue weighted by Crippen LogP contribution is 2.13. The summed E-state index contributed by atoms with van der Waals surface area (Å²) in [6.07, 6.45) is 52.2. The van der Waals surface area contributed by atoms with E-state index < -0.39 is 6.10 Å². The van der Waals surface area contributed by atoms with Crippen LogP contribution in [0, 0.1) is 0 Å². The molecule has 1 atom stereocenters. The van der Waals surface area contributed by atoms with Crippen molar-refractivity contribution in [1.29, 1.82) is 0 Å². The average Bonchev–Trinajstić information content (AvgIpc) is 3.14. The molecule has 52 heavy (non-hydrogen) atoms. The lowest BCUT2D eigenvalue weighted by molar-refractivity contribution is -0.163. The van der Waals surface area contributed by atoms with Gasteiger partial charge < -0.3 is 14.2 Å². The van der Waals surface area contributed by atoms with Gasteiger partial charge in [-0.25, -0.2) is 0 Å². The summed E-state index contributed by atoms with van der Waals surface area (Å²) in [7, 11) is 0. The molecule has 5 nitrogen and oxygen atoms in total. The number of unbranched alkanes of at least 4 members (excludes halogenated alkanes) is 18. The van der Waals surface area contributed by atoms with Gasteiger partial charge in [-0.1, -0.05) is 191 Å². The zero-order valence-corrected chi connectivity index (χ0v) is 34.3. The topological polar surface area (TPSA) is 61.8 Å². The maximum absolute atomic E-state index is 12.6. The molecule has 0 rings (SSSR count). The summed E-state index contributed by atoms with van der Waals surface area (Å²) < 4.78 is 17.2. The maximum Gasteiger partial charge on any atom is 0.306 e. The first-order valence-electron chi connectivity index (χ1n) is 21.8. The lowest BCUT2D eigenvalue weighted by Gasteiger charge is -2.18. The molecule has 0 saturated carbocycles. The number of hydrogen-bond donors (Lipinski definition) is 0. The van der Waals surface area contributed by atoms with Gasteiger partial charge in [-0.05, 0) is 57.8 Å². The van der Waals surface area contributed by atoms with Crippen LogP contribution in [0.25, 0.3) is 0 Å². The summed E-state index contributed by atoms with van der Waals surface area (Å²) in [4.78, 5) is 25.1. The number of hydrogen-bond acceptors (Lipinski definition) is 5. The molecule has 0 saturated heterocycles. The van der Waals surface area contributed by atoms with Crippen molar-refractivity contribution in [2.45, 2.75) is 207 Å². The second kappa shape index (κ2) is 43.0. The van der Waals surface area contributed by atoms with Crippen LogP contribution in [-0.4, -0.2) is 37.9 Å². The number of esters is 2. The third kappa shape index (κ3) is 40.4. The van der Waals surface area contributed by atoms with Crippen LogP contribution in [0.5, 0.6) is 0 Å². The molecule has 300 valence electrons. The van der Waals surface area contributed by atoms with Crippen molar-refractivity contribution in [2.75, 3.05) is 19.8 Å². The van der Waals surface area contributed by atoms with Gasteiger partial charge in [0.1, 0.15) is 6.61 Å². The number of carbonyl (C=O) groups excluding carboxylic acids is 2. The summed E-state index contributed by atoms with van der Waals surface area (Å²) in [6, 6.07) is 0. The molecule has 1 unspecified atom stereocenters. The summed E-state index contributed by atoms with van der Waals surface area (Å²) >= 11 is 0.